The Hall–Kier alpha value is -2.44. The fourth-order valence-corrected chi connectivity index (χ4v) is 5.48. The van der Waals surface area contributed by atoms with Gasteiger partial charge in [-0.15, -0.1) is 11.3 Å². The van der Waals surface area contributed by atoms with Crippen LogP contribution in [-0.2, 0) is 17.6 Å². The van der Waals surface area contributed by atoms with E-state index in [1.54, 1.807) is 11.3 Å². The van der Waals surface area contributed by atoms with Crippen molar-refractivity contribution in [2.75, 3.05) is 17.7 Å². The molecule has 0 fully saturated rings. The molecule has 4 rings (SSSR count). The van der Waals surface area contributed by atoms with Crippen molar-refractivity contribution in [1.82, 2.24) is 0 Å². The van der Waals surface area contributed by atoms with Crippen LogP contribution in [-0.4, -0.2) is 18.2 Å². The zero-order chi connectivity index (χ0) is 20.2. The topological polar surface area (TPSA) is 50.4 Å². The lowest BCUT2D eigenvalue weighted by Gasteiger charge is -2.13. The molecular weight excluding hydrogens is 400 g/mol. The summed E-state index contributed by atoms with van der Waals surface area (Å²) in [6.45, 7) is 0. The van der Waals surface area contributed by atoms with Crippen molar-refractivity contribution >= 4 is 56.1 Å². The van der Waals surface area contributed by atoms with E-state index in [2.05, 4.69) is 28.8 Å². The summed E-state index contributed by atoms with van der Waals surface area (Å²) < 4.78 is 5.09. The van der Waals surface area contributed by atoms with E-state index in [0.29, 0.717) is 10.7 Å². The van der Waals surface area contributed by atoms with E-state index in [1.165, 1.54) is 24.8 Å². The predicted octanol–water partition coefficient (Wildman–Crippen LogP) is 6.16. The first-order valence-corrected chi connectivity index (χ1v) is 11.2. The van der Waals surface area contributed by atoms with Crippen LogP contribution < -0.4 is 10.6 Å². The Kier molecular flexibility index (Phi) is 6.11. The molecule has 2 aromatic carbocycles. The van der Waals surface area contributed by atoms with Crippen molar-refractivity contribution in [3.63, 3.8) is 0 Å². The fraction of sp³-hybridized carbons (Fsp3) is 0.304. The molecule has 1 aromatic heterocycles. The van der Waals surface area contributed by atoms with Gasteiger partial charge in [0.1, 0.15) is 5.00 Å². The van der Waals surface area contributed by atoms with E-state index in [1.807, 2.05) is 24.3 Å². The second-order valence-electron chi connectivity index (χ2n) is 7.22. The Bertz CT molecular complexity index is 1050. The van der Waals surface area contributed by atoms with Crippen molar-refractivity contribution in [1.29, 1.82) is 0 Å². The highest BCUT2D eigenvalue weighted by atomic mass is 32.1. The van der Waals surface area contributed by atoms with Gasteiger partial charge in [-0.2, -0.15) is 0 Å². The van der Waals surface area contributed by atoms with E-state index in [0.717, 1.165) is 52.7 Å². The minimum atomic E-state index is -0.293. The van der Waals surface area contributed by atoms with Crippen LogP contribution in [0.1, 0.15) is 46.5 Å². The molecule has 0 bridgehead atoms. The SMILES string of the molecule is COC(=O)c1c(NC(=S)Nc2cccc3ccccc23)sc2c1CCCCCC2. The molecule has 1 aliphatic carbocycles. The van der Waals surface area contributed by atoms with Gasteiger partial charge in [-0.25, -0.2) is 4.79 Å². The number of rotatable bonds is 3. The summed E-state index contributed by atoms with van der Waals surface area (Å²) in [4.78, 5) is 13.8. The van der Waals surface area contributed by atoms with E-state index in [9.17, 15) is 4.79 Å². The quantitative estimate of drug-likeness (QED) is 0.390. The molecule has 0 unspecified atom stereocenters. The maximum atomic E-state index is 12.6. The Labute approximate surface area is 180 Å². The van der Waals surface area contributed by atoms with E-state index < -0.39 is 0 Å². The number of anilines is 2. The van der Waals surface area contributed by atoms with Crippen molar-refractivity contribution in [3.8, 4) is 0 Å². The summed E-state index contributed by atoms with van der Waals surface area (Å²) in [5, 5.41) is 10.1. The summed E-state index contributed by atoms with van der Waals surface area (Å²) >= 11 is 7.22. The van der Waals surface area contributed by atoms with Crippen molar-refractivity contribution < 1.29 is 9.53 Å². The number of carbonyl (C=O) groups excluding carboxylic acids is 1. The minimum absolute atomic E-state index is 0.293. The van der Waals surface area contributed by atoms with Crippen LogP contribution in [0, 0.1) is 0 Å². The molecule has 1 aliphatic rings. The lowest BCUT2D eigenvalue weighted by Crippen LogP contribution is -2.20. The van der Waals surface area contributed by atoms with Gasteiger partial charge in [0.05, 0.1) is 12.7 Å². The number of fused-ring (bicyclic) bond motifs is 2. The molecule has 0 saturated heterocycles. The molecule has 1 heterocycles. The van der Waals surface area contributed by atoms with Gasteiger partial charge in [0.2, 0.25) is 0 Å². The Morgan fingerprint density at radius 3 is 2.59 bits per heavy atom. The second-order valence-corrected chi connectivity index (χ2v) is 8.73. The highest BCUT2D eigenvalue weighted by Crippen LogP contribution is 2.37. The van der Waals surface area contributed by atoms with Crippen molar-refractivity contribution in [3.05, 3.63) is 58.5 Å². The Balaban J connectivity index is 1.62. The third-order valence-corrected chi connectivity index (χ3v) is 6.74. The van der Waals surface area contributed by atoms with Gasteiger partial charge in [0, 0.05) is 16.0 Å². The number of hydrogen-bond acceptors (Lipinski definition) is 4. The lowest BCUT2D eigenvalue weighted by molar-refractivity contribution is 0.0601. The number of esters is 1. The zero-order valence-corrected chi connectivity index (χ0v) is 18.1. The van der Waals surface area contributed by atoms with Crippen LogP contribution in [0.3, 0.4) is 0 Å². The molecule has 150 valence electrons. The fourth-order valence-electron chi connectivity index (χ4n) is 3.92. The van der Waals surface area contributed by atoms with Crippen LogP contribution in [0.5, 0.6) is 0 Å². The van der Waals surface area contributed by atoms with E-state index >= 15 is 0 Å². The predicted molar refractivity (Wildman–Crippen MR) is 125 cm³/mol. The number of hydrogen-bond donors (Lipinski definition) is 2. The first-order valence-electron chi connectivity index (χ1n) is 9.96. The number of thiophene rings is 1. The zero-order valence-electron chi connectivity index (χ0n) is 16.4. The molecule has 6 heteroatoms. The van der Waals surface area contributed by atoms with Crippen LogP contribution in [0.2, 0.25) is 0 Å². The Morgan fingerprint density at radius 2 is 1.76 bits per heavy atom. The average molecular weight is 425 g/mol. The molecule has 0 radical (unpaired) electrons. The number of benzene rings is 2. The number of carbonyl (C=O) groups is 1. The highest BCUT2D eigenvalue weighted by molar-refractivity contribution is 7.80. The molecule has 0 saturated carbocycles. The number of ether oxygens (including phenoxy) is 1. The third kappa shape index (κ3) is 4.28. The van der Waals surface area contributed by atoms with Gasteiger partial charge < -0.3 is 15.4 Å². The number of aryl methyl sites for hydroxylation is 1. The van der Waals surface area contributed by atoms with Gasteiger partial charge in [-0.1, -0.05) is 49.2 Å². The summed E-state index contributed by atoms with van der Waals surface area (Å²) in [6, 6.07) is 14.3. The standard InChI is InChI=1S/C23H24N2O2S2/c1-27-22(26)20-17-12-4-2-3-5-14-19(17)29-21(20)25-23(28)24-18-13-8-10-15-9-6-7-11-16(15)18/h6-11,13H,2-5,12,14H2,1H3,(H2,24,25,28). The van der Waals surface area contributed by atoms with Crippen LogP contribution in [0.4, 0.5) is 10.7 Å². The molecular formula is C23H24N2O2S2. The molecule has 0 aliphatic heterocycles. The van der Waals surface area contributed by atoms with Crippen molar-refractivity contribution in [2.45, 2.75) is 38.5 Å². The molecule has 2 N–H and O–H groups in total. The van der Waals surface area contributed by atoms with Gasteiger partial charge >= 0.3 is 5.97 Å². The van der Waals surface area contributed by atoms with Gasteiger partial charge in [-0.3, -0.25) is 0 Å². The van der Waals surface area contributed by atoms with E-state index in [-0.39, 0.29) is 5.97 Å². The van der Waals surface area contributed by atoms with E-state index in [4.69, 9.17) is 17.0 Å². The molecule has 3 aromatic rings. The largest absolute Gasteiger partial charge is 0.465 e. The Morgan fingerprint density at radius 1 is 1.00 bits per heavy atom. The summed E-state index contributed by atoms with van der Waals surface area (Å²) in [7, 11) is 1.44. The highest BCUT2D eigenvalue weighted by Gasteiger charge is 2.25. The molecule has 0 spiro atoms. The van der Waals surface area contributed by atoms with Crippen LogP contribution >= 0.6 is 23.6 Å². The maximum absolute atomic E-state index is 12.6. The monoisotopic (exact) mass is 424 g/mol. The molecule has 29 heavy (non-hydrogen) atoms. The van der Waals surface area contributed by atoms with Gasteiger partial charge in [0.15, 0.2) is 5.11 Å². The second kappa shape index (κ2) is 8.93. The molecule has 0 atom stereocenters. The average Bonchev–Trinajstić information content (AvgIpc) is 3.03. The lowest BCUT2D eigenvalue weighted by atomic mass is 9.96. The number of thiocarbonyl (C=S) groups is 1. The summed E-state index contributed by atoms with van der Waals surface area (Å²) in [5.74, 6) is -0.293. The van der Waals surface area contributed by atoms with Crippen molar-refractivity contribution in [2.24, 2.45) is 0 Å². The van der Waals surface area contributed by atoms with Crippen LogP contribution in [0.25, 0.3) is 10.8 Å². The summed E-state index contributed by atoms with van der Waals surface area (Å²) in [6.07, 6.45) is 6.64. The third-order valence-electron chi connectivity index (χ3n) is 5.33. The first-order chi connectivity index (χ1) is 14.2. The van der Waals surface area contributed by atoms with Gasteiger partial charge in [-0.05, 0) is 54.9 Å². The summed E-state index contributed by atoms with van der Waals surface area (Å²) in [5.41, 5.74) is 2.73. The van der Waals surface area contributed by atoms with Crippen LogP contribution in [0.15, 0.2) is 42.5 Å². The maximum Gasteiger partial charge on any atom is 0.341 e. The number of methoxy groups -OCH3 is 1. The molecule has 4 nitrogen and oxygen atoms in total. The normalized spacial score (nSPS) is 13.8. The smallest absolute Gasteiger partial charge is 0.341 e. The number of nitrogens with one attached hydrogen (secondary N) is 2. The molecule has 0 amide bonds. The van der Waals surface area contributed by atoms with Gasteiger partial charge in [0.25, 0.3) is 0 Å². The minimum Gasteiger partial charge on any atom is -0.465 e. The first kappa shape index (κ1) is 19.9.